The van der Waals surface area contributed by atoms with E-state index in [1.807, 2.05) is 42.5 Å². The van der Waals surface area contributed by atoms with Gasteiger partial charge in [-0.3, -0.25) is 0 Å². The number of hydrogen-bond acceptors (Lipinski definition) is 4. The van der Waals surface area contributed by atoms with Crippen LogP contribution < -0.4 is 16.8 Å². The van der Waals surface area contributed by atoms with E-state index in [-0.39, 0.29) is 24.8 Å². The molecule has 134 valence electrons. The van der Waals surface area contributed by atoms with Crippen molar-refractivity contribution in [3.8, 4) is 11.1 Å². The van der Waals surface area contributed by atoms with Gasteiger partial charge in [-0.25, -0.2) is 0 Å². The third-order valence-corrected chi connectivity index (χ3v) is 4.86. The maximum absolute atomic E-state index is 6.18. The Kier molecular flexibility index (Phi) is 8.56. The molecule has 1 heterocycles. The Hall–Kier alpha value is -1.43. The second-order valence-electron chi connectivity index (χ2n) is 5.35. The van der Waals surface area contributed by atoms with Crippen molar-refractivity contribution in [3.63, 3.8) is 0 Å². The van der Waals surface area contributed by atoms with Crippen molar-refractivity contribution in [2.45, 2.75) is 13.1 Å². The summed E-state index contributed by atoms with van der Waals surface area (Å²) in [5, 5.41) is 8.47. The highest BCUT2D eigenvalue weighted by atomic mass is 35.5. The summed E-state index contributed by atoms with van der Waals surface area (Å²) in [5.74, 6) is 0. The average molecular weight is 417 g/mol. The van der Waals surface area contributed by atoms with Crippen LogP contribution in [-0.2, 0) is 13.1 Å². The Labute approximate surface area is 169 Å². The molecule has 0 radical (unpaired) electrons. The van der Waals surface area contributed by atoms with Crippen molar-refractivity contribution in [2.75, 3.05) is 11.5 Å². The SMILES string of the molecule is Cl.Cl.Nc1ccc(N)c(-c2cscc2CNCc2ccccc2Cl)c1. The number of anilines is 2. The van der Waals surface area contributed by atoms with Crippen LogP contribution >= 0.6 is 47.8 Å². The van der Waals surface area contributed by atoms with Crippen LogP contribution in [0.4, 0.5) is 11.4 Å². The monoisotopic (exact) mass is 415 g/mol. The second-order valence-corrected chi connectivity index (χ2v) is 6.50. The van der Waals surface area contributed by atoms with Crippen LogP contribution in [0.25, 0.3) is 11.1 Å². The molecule has 0 saturated carbocycles. The van der Waals surface area contributed by atoms with Crippen molar-refractivity contribution in [3.05, 3.63) is 69.4 Å². The lowest BCUT2D eigenvalue weighted by molar-refractivity contribution is 0.696. The van der Waals surface area contributed by atoms with Gasteiger partial charge in [-0.1, -0.05) is 29.8 Å². The third-order valence-electron chi connectivity index (χ3n) is 3.70. The molecular formula is C18H20Cl3N3S. The summed E-state index contributed by atoms with van der Waals surface area (Å²) in [7, 11) is 0. The maximum Gasteiger partial charge on any atom is 0.0450 e. The summed E-state index contributed by atoms with van der Waals surface area (Å²) in [4.78, 5) is 0. The van der Waals surface area contributed by atoms with E-state index in [2.05, 4.69) is 16.1 Å². The van der Waals surface area contributed by atoms with E-state index < -0.39 is 0 Å². The van der Waals surface area contributed by atoms with Gasteiger partial charge in [-0.2, -0.15) is 11.3 Å². The summed E-state index contributed by atoms with van der Waals surface area (Å²) in [6.45, 7) is 1.47. The largest absolute Gasteiger partial charge is 0.399 e. The summed E-state index contributed by atoms with van der Waals surface area (Å²) < 4.78 is 0. The molecule has 0 aliphatic rings. The molecule has 0 amide bonds. The van der Waals surface area contributed by atoms with E-state index in [1.54, 1.807) is 11.3 Å². The van der Waals surface area contributed by atoms with Crippen LogP contribution in [0.2, 0.25) is 5.02 Å². The Morgan fingerprint density at radius 1 is 0.880 bits per heavy atom. The molecule has 0 aliphatic carbocycles. The first kappa shape index (κ1) is 21.6. The van der Waals surface area contributed by atoms with Crippen molar-refractivity contribution in [2.24, 2.45) is 0 Å². The first-order chi connectivity index (χ1) is 11.1. The van der Waals surface area contributed by atoms with Gasteiger partial charge in [0.1, 0.15) is 0 Å². The third kappa shape index (κ3) is 5.27. The van der Waals surface area contributed by atoms with Crippen molar-refractivity contribution >= 4 is 59.1 Å². The zero-order chi connectivity index (χ0) is 16.2. The minimum absolute atomic E-state index is 0. The van der Waals surface area contributed by atoms with Gasteiger partial charge in [0.15, 0.2) is 0 Å². The summed E-state index contributed by atoms with van der Waals surface area (Å²) in [5.41, 5.74) is 17.9. The highest BCUT2D eigenvalue weighted by Gasteiger charge is 2.10. The minimum Gasteiger partial charge on any atom is -0.399 e. The Balaban J connectivity index is 0.00000156. The standard InChI is InChI=1S/C18H18ClN3S.2ClH/c19-17-4-2-1-3-12(17)8-22-9-13-10-23-11-16(13)15-7-14(20)5-6-18(15)21;;/h1-7,10-11,22H,8-9,20-21H2;2*1H. The van der Waals surface area contributed by atoms with Crippen LogP contribution in [0.3, 0.4) is 0 Å². The van der Waals surface area contributed by atoms with Crippen LogP contribution in [0.5, 0.6) is 0 Å². The van der Waals surface area contributed by atoms with Gasteiger partial charge in [0.2, 0.25) is 0 Å². The lowest BCUT2D eigenvalue weighted by atomic mass is 10.0. The quantitative estimate of drug-likeness (QED) is 0.490. The van der Waals surface area contributed by atoms with Gasteiger partial charge in [0.05, 0.1) is 0 Å². The first-order valence-electron chi connectivity index (χ1n) is 7.29. The summed E-state index contributed by atoms with van der Waals surface area (Å²) in [6.07, 6.45) is 0. The molecule has 0 fully saturated rings. The second kappa shape index (κ2) is 9.90. The topological polar surface area (TPSA) is 64.1 Å². The number of hydrogen-bond donors (Lipinski definition) is 3. The molecule has 3 nitrogen and oxygen atoms in total. The number of nitrogens with one attached hydrogen (secondary N) is 1. The number of halogens is 3. The van der Waals surface area contributed by atoms with Gasteiger partial charge in [0, 0.05) is 35.1 Å². The van der Waals surface area contributed by atoms with Crippen molar-refractivity contribution < 1.29 is 0 Å². The van der Waals surface area contributed by atoms with Gasteiger partial charge in [0.25, 0.3) is 0 Å². The fourth-order valence-electron chi connectivity index (χ4n) is 2.48. The fraction of sp³-hybridized carbons (Fsp3) is 0.111. The van der Waals surface area contributed by atoms with Gasteiger partial charge in [-0.05, 0) is 51.7 Å². The molecule has 5 N–H and O–H groups in total. The van der Waals surface area contributed by atoms with Crippen molar-refractivity contribution in [1.82, 2.24) is 5.32 Å². The predicted octanol–water partition coefficient (Wildman–Crippen LogP) is 5.37. The fourth-order valence-corrected chi connectivity index (χ4v) is 3.54. The zero-order valence-electron chi connectivity index (χ0n) is 13.4. The summed E-state index contributed by atoms with van der Waals surface area (Å²) >= 11 is 7.84. The number of thiophene rings is 1. The molecule has 0 saturated heterocycles. The Bertz CT molecular complexity index is 821. The number of nitrogens with two attached hydrogens (primary N) is 2. The lowest BCUT2D eigenvalue weighted by Gasteiger charge is -2.10. The van der Waals surface area contributed by atoms with E-state index in [0.717, 1.165) is 46.2 Å². The maximum atomic E-state index is 6.18. The molecule has 0 bridgehead atoms. The zero-order valence-corrected chi connectivity index (χ0v) is 16.6. The lowest BCUT2D eigenvalue weighted by Crippen LogP contribution is -2.13. The molecule has 25 heavy (non-hydrogen) atoms. The molecule has 0 spiro atoms. The van der Waals surface area contributed by atoms with E-state index in [4.69, 9.17) is 23.1 Å². The smallest absolute Gasteiger partial charge is 0.0450 e. The molecule has 1 aromatic heterocycles. The van der Waals surface area contributed by atoms with Crippen LogP contribution in [0, 0.1) is 0 Å². The molecule has 0 aliphatic heterocycles. The highest BCUT2D eigenvalue weighted by Crippen LogP contribution is 2.33. The molecule has 3 rings (SSSR count). The van der Waals surface area contributed by atoms with E-state index in [9.17, 15) is 0 Å². The first-order valence-corrected chi connectivity index (χ1v) is 8.62. The van der Waals surface area contributed by atoms with E-state index >= 15 is 0 Å². The van der Waals surface area contributed by atoms with E-state index in [0.29, 0.717) is 0 Å². The molecule has 2 aromatic carbocycles. The van der Waals surface area contributed by atoms with Crippen LogP contribution in [0.1, 0.15) is 11.1 Å². The van der Waals surface area contributed by atoms with Gasteiger partial charge in [-0.15, -0.1) is 24.8 Å². The Morgan fingerprint density at radius 3 is 2.36 bits per heavy atom. The normalized spacial score (nSPS) is 9.96. The predicted molar refractivity (Wildman–Crippen MR) is 115 cm³/mol. The molecule has 7 heteroatoms. The minimum atomic E-state index is 0. The number of benzene rings is 2. The van der Waals surface area contributed by atoms with Crippen LogP contribution in [-0.4, -0.2) is 0 Å². The molecule has 0 atom stereocenters. The number of nitrogen functional groups attached to an aromatic ring is 2. The molecule has 0 unspecified atom stereocenters. The van der Waals surface area contributed by atoms with E-state index in [1.165, 1.54) is 5.56 Å². The average Bonchev–Trinajstić information content (AvgIpc) is 3.00. The molecule has 3 aromatic rings. The highest BCUT2D eigenvalue weighted by molar-refractivity contribution is 7.08. The number of rotatable bonds is 5. The van der Waals surface area contributed by atoms with Crippen molar-refractivity contribution in [1.29, 1.82) is 0 Å². The van der Waals surface area contributed by atoms with Gasteiger partial charge < -0.3 is 16.8 Å². The van der Waals surface area contributed by atoms with Gasteiger partial charge >= 0.3 is 0 Å². The Morgan fingerprint density at radius 2 is 1.60 bits per heavy atom. The van der Waals surface area contributed by atoms with Crippen LogP contribution in [0.15, 0.2) is 53.2 Å². The molecular weight excluding hydrogens is 397 g/mol. The summed E-state index contributed by atoms with van der Waals surface area (Å²) in [6, 6.07) is 13.5.